The van der Waals surface area contributed by atoms with E-state index in [9.17, 15) is 4.79 Å². The molecular formula is C16H22N6O2. The number of rotatable bonds is 5. The number of ether oxygens (including phenoxy) is 1. The van der Waals surface area contributed by atoms with Crippen LogP contribution in [0.4, 0.5) is 0 Å². The molecule has 8 nitrogen and oxygen atoms in total. The number of fused-ring (bicyclic) bond motifs is 4. The predicted octanol–water partition coefficient (Wildman–Crippen LogP) is 0.276. The van der Waals surface area contributed by atoms with E-state index >= 15 is 0 Å². The second kappa shape index (κ2) is 6.35. The van der Waals surface area contributed by atoms with Gasteiger partial charge < -0.3 is 15.0 Å². The third-order valence-electron chi connectivity index (χ3n) is 5.09. The lowest BCUT2D eigenvalue weighted by Gasteiger charge is -2.44. The highest BCUT2D eigenvalue weighted by molar-refractivity contribution is 5.76. The van der Waals surface area contributed by atoms with Gasteiger partial charge in [0.05, 0.1) is 7.11 Å². The lowest BCUT2D eigenvalue weighted by molar-refractivity contribution is -0.123. The lowest BCUT2D eigenvalue weighted by Crippen LogP contribution is -2.57. The van der Waals surface area contributed by atoms with Gasteiger partial charge in [0, 0.05) is 31.5 Å². The summed E-state index contributed by atoms with van der Waals surface area (Å²) in [4.78, 5) is 14.7. The molecule has 2 bridgehead atoms. The van der Waals surface area contributed by atoms with Gasteiger partial charge in [-0.05, 0) is 37.9 Å². The van der Waals surface area contributed by atoms with E-state index in [4.69, 9.17) is 4.74 Å². The Morgan fingerprint density at radius 2 is 2.17 bits per heavy atom. The van der Waals surface area contributed by atoms with Crippen LogP contribution in [-0.2, 0) is 11.2 Å². The van der Waals surface area contributed by atoms with Crippen molar-refractivity contribution in [3.8, 4) is 5.88 Å². The number of carbonyl (C=O) groups is 1. The van der Waals surface area contributed by atoms with Crippen LogP contribution in [0.15, 0.2) is 12.1 Å². The monoisotopic (exact) mass is 330 g/mol. The van der Waals surface area contributed by atoms with Crippen LogP contribution in [0.3, 0.4) is 0 Å². The molecule has 2 aromatic rings. The van der Waals surface area contributed by atoms with Gasteiger partial charge in [0.1, 0.15) is 0 Å². The first-order valence-electron chi connectivity index (χ1n) is 8.50. The first-order valence-corrected chi connectivity index (χ1v) is 8.50. The van der Waals surface area contributed by atoms with Crippen molar-refractivity contribution in [2.24, 2.45) is 5.92 Å². The number of nitrogens with zero attached hydrogens (tertiary/aromatic N) is 5. The highest BCUT2D eigenvalue weighted by Gasteiger charge is 2.34. The Bertz CT molecular complexity index is 737. The molecule has 3 aliphatic rings. The van der Waals surface area contributed by atoms with E-state index in [1.807, 2.05) is 0 Å². The van der Waals surface area contributed by atoms with Crippen molar-refractivity contribution in [3.05, 3.63) is 18.0 Å². The number of hydrogen-bond acceptors (Lipinski definition) is 6. The van der Waals surface area contributed by atoms with Crippen molar-refractivity contribution >= 4 is 11.6 Å². The summed E-state index contributed by atoms with van der Waals surface area (Å²) in [5.74, 6) is 1.89. The van der Waals surface area contributed by atoms with Crippen LogP contribution in [0.1, 0.15) is 25.1 Å². The van der Waals surface area contributed by atoms with E-state index < -0.39 is 0 Å². The first-order chi connectivity index (χ1) is 11.7. The fourth-order valence-corrected chi connectivity index (χ4v) is 3.71. The minimum absolute atomic E-state index is 0.0772. The normalized spacial score (nSPS) is 25.8. The Hall–Kier alpha value is -2.22. The predicted molar refractivity (Wildman–Crippen MR) is 86.7 cm³/mol. The van der Waals surface area contributed by atoms with Crippen molar-refractivity contribution < 1.29 is 9.53 Å². The molecule has 3 aliphatic heterocycles. The standard InChI is InChI=1S/C16H22N6O2/c1-24-16-5-3-14-19-18-13(22(14)20-16)2-4-15(23)17-12-10-21-8-6-11(12)7-9-21/h3,5,11-12H,2,4,6-10H2,1H3,(H,17,23). The van der Waals surface area contributed by atoms with Gasteiger partial charge in [0.2, 0.25) is 11.8 Å². The van der Waals surface area contributed by atoms with Crippen molar-refractivity contribution in [3.63, 3.8) is 0 Å². The molecule has 0 spiro atoms. The maximum absolute atomic E-state index is 12.3. The van der Waals surface area contributed by atoms with Crippen LogP contribution in [-0.4, -0.2) is 63.4 Å². The molecule has 3 saturated heterocycles. The Kier molecular flexibility index (Phi) is 4.05. The summed E-state index contributed by atoms with van der Waals surface area (Å²) in [6, 6.07) is 3.84. The molecule has 2 aromatic heterocycles. The summed E-state index contributed by atoms with van der Waals surface area (Å²) in [6.45, 7) is 3.34. The summed E-state index contributed by atoms with van der Waals surface area (Å²) < 4.78 is 6.77. The van der Waals surface area contributed by atoms with E-state index in [1.54, 1.807) is 23.8 Å². The smallest absolute Gasteiger partial charge is 0.231 e. The highest BCUT2D eigenvalue weighted by Crippen LogP contribution is 2.27. The molecule has 0 aromatic carbocycles. The zero-order chi connectivity index (χ0) is 16.5. The fraction of sp³-hybridized carbons (Fsp3) is 0.625. The Labute approximate surface area is 140 Å². The van der Waals surface area contributed by atoms with E-state index in [-0.39, 0.29) is 5.91 Å². The second-order valence-electron chi connectivity index (χ2n) is 6.57. The molecule has 0 aliphatic carbocycles. The molecule has 1 N–H and O–H groups in total. The summed E-state index contributed by atoms with van der Waals surface area (Å²) in [7, 11) is 1.57. The van der Waals surface area contributed by atoms with Crippen LogP contribution >= 0.6 is 0 Å². The molecule has 1 atom stereocenters. The quantitative estimate of drug-likeness (QED) is 0.847. The van der Waals surface area contributed by atoms with Crippen molar-refractivity contribution in [1.82, 2.24) is 30.0 Å². The molecule has 0 saturated carbocycles. The van der Waals surface area contributed by atoms with Gasteiger partial charge in [0.15, 0.2) is 11.5 Å². The van der Waals surface area contributed by atoms with Gasteiger partial charge in [0.25, 0.3) is 0 Å². The molecule has 0 radical (unpaired) electrons. The zero-order valence-electron chi connectivity index (χ0n) is 13.8. The highest BCUT2D eigenvalue weighted by atomic mass is 16.5. The number of hydrogen-bond donors (Lipinski definition) is 1. The van der Waals surface area contributed by atoms with E-state index in [2.05, 4.69) is 25.5 Å². The molecule has 5 heterocycles. The van der Waals surface area contributed by atoms with Crippen LogP contribution < -0.4 is 10.1 Å². The fourth-order valence-electron chi connectivity index (χ4n) is 3.71. The number of methoxy groups -OCH3 is 1. The van der Waals surface area contributed by atoms with E-state index in [0.29, 0.717) is 42.2 Å². The largest absolute Gasteiger partial charge is 0.480 e. The SMILES string of the molecule is COc1ccc2nnc(CCC(=O)NC3CN4CCC3CC4)n2n1. The summed E-state index contributed by atoms with van der Waals surface area (Å²) in [5, 5.41) is 15.7. The molecule has 128 valence electrons. The van der Waals surface area contributed by atoms with E-state index in [0.717, 1.165) is 6.54 Å². The van der Waals surface area contributed by atoms with E-state index in [1.165, 1.54) is 25.9 Å². The molecular weight excluding hydrogens is 308 g/mol. The number of carbonyl (C=O) groups excluding carboxylic acids is 1. The third kappa shape index (κ3) is 2.93. The van der Waals surface area contributed by atoms with Gasteiger partial charge in [-0.3, -0.25) is 4.79 Å². The van der Waals surface area contributed by atoms with Crippen molar-refractivity contribution in [2.75, 3.05) is 26.7 Å². The first kappa shape index (κ1) is 15.3. The molecule has 1 amide bonds. The van der Waals surface area contributed by atoms with Crippen LogP contribution in [0.25, 0.3) is 5.65 Å². The summed E-state index contributed by atoms with van der Waals surface area (Å²) in [6.07, 6.45) is 3.30. The van der Waals surface area contributed by atoms with Gasteiger partial charge >= 0.3 is 0 Å². The maximum atomic E-state index is 12.3. The molecule has 24 heavy (non-hydrogen) atoms. The van der Waals surface area contributed by atoms with Crippen LogP contribution in [0.2, 0.25) is 0 Å². The Balaban J connectivity index is 1.37. The minimum atomic E-state index is 0.0772. The van der Waals surface area contributed by atoms with Gasteiger partial charge in [-0.15, -0.1) is 15.3 Å². The van der Waals surface area contributed by atoms with Crippen LogP contribution in [0, 0.1) is 5.92 Å². The minimum Gasteiger partial charge on any atom is -0.480 e. The number of aryl methyl sites for hydroxylation is 1. The van der Waals surface area contributed by atoms with Gasteiger partial charge in [-0.1, -0.05) is 0 Å². The maximum Gasteiger partial charge on any atom is 0.231 e. The van der Waals surface area contributed by atoms with Gasteiger partial charge in [-0.2, -0.15) is 4.52 Å². The van der Waals surface area contributed by atoms with Crippen molar-refractivity contribution in [1.29, 1.82) is 0 Å². The average Bonchev–Trinajstić information content (AvgIpc) is 3.03. The number of amides is 1. The summed E-state index contributed by atoms with van der Waals surface area (Å²) >= 11 is 0. The average molecular weight is 330 g/mol. The van der Waals surface area contributed by atoms with Crippen molar-refractivity contribution in [2.45, 2.75) is 31.7 Å². The zero-order valence-corrected chi connectivity index (χ0v) is 13.8. The third-order valence-corrected chi connectivity index (χ3v) is 5.09. The van der Waals surface area contributed by atoms with Crippen LogP contribution in [0.5, 0.6) is 5.88 Å². The molecule has 5 rings (SSSR count). The second-order valence-corrected chi connectivity index (χ2v) is 6.57. The number of nitrogens with one attached hydrogen (secondary N) is 1. The molecule has 8 heteroatoms. The lowest BCUT2D eigenvalue weighted by atomic mass is 9.84. The van der Waals surface area contributed by atoms with Gasteiger partial charge in [-0.25, -0.2) is 0 Å². The molecule has 1 unspecified atom stereocenters. The Morgan fingerprint density at radius 1 is 1.33 bits per heavy atom. The number of piperidine rings is 3. The molecule has 3 fully saturated rings. The topological polar surface area (TPSA) is 84.6 Å². The Morgan fingerprint density at radius 3 is 2.88 bits per heavy atom. The summed E-state index contributed by atoms with van der Waals surface area (Å²) in [5.41, 5.74) is 0.656. The number of aromatic nitrogens is 4.